The van der Waals surface area contributed by atoms with E-state index in [-0.39, 0.29) is 153 Å². The second-order valence-electron chi connectivity index (χ2n) is 26.4. The van der Waals surface area contributed by atoms with Gasteiger partial charge in [0.1, 0.15) is 19.4 Å². The summed E-state index contributed by atoms with van der Waals surface area (Å²) in [5, 5.41) is 11.4. The van der Waals surface area contributed by atoms with E-state index >= 15 is 0 Å². The lowest BCUT2D eigenvalue weighted by molar-refractivity contribution is 0.173. The molecule has 10 heterocycles. The summed E-state index contributed by atoms with van der Waals surface area (Å²) in [6.07, 6.45) is -28.6. The Morgan fingerprint density at radius 2 is 0.407 bits per heavy atom. The fourth-order valence-electron chi connectivity index (χ4n) is 10.7. The second-order valence-corrected chi connectivity index (χ2v) is 26.4. The third kappa shape index (κ3) is 34.6. The van der Waals surface area contributed by atoms with Crippen LogP contribution in [0.4, 0.5) is 0 Å². The molecule has 0 radical (unpaired) electrons. The smallest absolute Gasteiger partial charge is 0.231 e. The quantitative estimate of drug-likeness (QED) is 0.0200. The summed E-state index contributed by atoms with van der Waals surface area (Å²) in [5.41, 5.74) is -3.33. The van der Waals surface area contributed by atoms with Gasteiger partial charge in [0.15, 0.2) is 115 Å². The second kappa shape index (κ2) is 56.9. The van der Waals surface area contributed by atoms with Crippen molar-refractivity contribution in [3.8, 4) is 115 Å². The highest BCUT2D eigenvalue weighted by Gasteiger charge is 2.24. The molecule has 10 aromatic carbocycles. The molecular weight excluding hydrogens is 1780 g/mol. The van der Waals surface area contributed by atoms with Gasteiger partial charge in [-0.15, -0.1) is 0 Å². The Labute approximate surface area is 957 Å². The maximum absolute atomic E-state index is 8.17. The number of ether oxygens (including phenoxy) is 20. The summed E-state index contributed by atoms with van der Waals surface area (Å²) in [5.74, 6) is 0.453. The van der Waals surface area contributed by atoms with Gasteiger partial charge in [-0.1, -0.05) is 60.6 Å². The Balaban J connectivity index is 0.000000234. The van der Waals surface area contributed by atoms with Crippen molar-refractivity contribution in [1.29, 1.82) is 0 Å². The normalized spacial score (nSPS) is 31.7. The lowest BCUT2D eigenvalue weighted by Crippen LogP contribution is -2.23. The van der Waals surface area contributed by atoms with Crippen molar-refractivity contribution in [3.05, 3.63) is 237 Å². The topological polar surface area (TPSA) is 305 Å². The van der Waals surface area contributed by atoms with E-state index in [2.05, 4.69) is 21.3 Å². The van der Waals surface area contributed by atoms with Crippen LogP contribution in [0.2, 0.25) is 5.65 Å². The van der Waals surface area contributed by atoms with Gasteiger partial charge in [0.2, 0.25) is 67.7 Å². The molecule has 0 aliphatic carbocycles. The molecule has 0 saturated heterocycles. The van der Waals surface area contributed by atoms with Gasteiger partial charge in [0, 0.05) is 159 Å². The maximum Gasteiger partial charge on any atom is 0.231 e. The summed E-state index contributed by atoms with van der Waals surface area (Å²) in [6, 6.07) is -4.71. The van der Waals surface area contributed by atoms with Gasteiger partial charge in [0.25, 0.3) is 0 Å². The van der Waals surface area contributed by atoms with E-state index in [1.165, 1.54) is 105 Å². The van der Waals surface area contributed by atoms with E-state index in [0.717, 1.165) is 82.8 Å². The molecule has 0 fully saturated rings. The minimum absolute atomic E-state index is 0.00538. The largest absolute Gasteiger partial charge is 0.454 e. The molecule has 140 heavy (non-hydrogen) atoms. The van der Waals surface area contributed by atoms with Crippen molar-refractivity contribution in [2.24, 2.45) is 0 Å². The zero-order valence-corrected chi connectivity index (χ0v) is 73.8. The molecule has 0 aromatic heterocycles. The van der Waals surface area contributed by atoms with Gasteiger partial charge < -0.3 is 148 Å². The molecule has 0 spiro atoms. The van der Waals surface area contributed by atoms with E-state index in [0.29, 0.717) is 34.1 Å². The van der Waals surface area contributed by atoms with E-state index < -0.39 is 329 Å². The molecule has 10 unspecified atom stereocenters. The number of nitrogens with one attached hydrogen (secondary N) is 10. The van der Waals surface area contributed by atoms with Crippen molar-refractivity contribution >= 4 is 0 Å². The van der Waals surface area contributed by atoms with Crippen LogP contribution < -0.4 is 148 Å². The summed E-state index contributed by atoms with van der Waals surface area (Å²) < 4.78 is 805. The first-order chi connectivity index (χ1) is 104. The lowest BCUT2D eigenvalue weighted by Gasteiger charge is -2.10. The predicted molar refractivity (Wildman–Crippen MR) is 548 cm³/mol. The Hall–Kier alpha value is -12.2. The SMILES string of the molecule is [2H]C([2H])([2H])C([2H])(NC)C([2H])([2H])c1ccc2c(c1)OCO2.[2H]C([2H])([2H])NC([2H])(C([2H])([2H])[2H])C([2H])([2H])c1ccc2c(c1)OC([2H])([2H])O2.[2H]C([2H])([2H])NC([2H])(C([2H])([2H])[2H])C([2H])([2H])c1ccc2c(c1)OCO2.[2H]C1([2H])Oc2ccc(C([2H])([2H])C([2H])(NC)C([2H])([2H])[2H])cc2O1.[2H]N(C([2H])([2H])[2H])C([2H])(C([2H])([2H])[2H])C([2H])([2H])c1ccc2c(c1)OC([2H])([2H])O2.[2H]N(C([2H])([2H])[2H])C([2H])(C([2H])([2H])[2H])C([2H])([2H])c1ccc2c(c1)OCO2.[2H]N(C)C([2H])(C([2H])([2H])[2H])C([2H])([2H])c1ccc2c(c1)OC([2H])([2H])O2.[2H]N(C)C([2H])(C([2H])([2H])[2H])C([2H])([2H])c1ccc2c(c1)OCO2.[2H]c1c([2H])c(C([2H])([2H])C([2H])(NC)C([2H])([2H])[2H])c([2H])c2c1OC([2H])([2H])O2.[2H]c1c([2H])c(C([2H])([2H])C([2H])(NC)C([2H])([2H])[2H])c([2H])c2c1OCO2. The number of fused-ring (bicyclic) bond motifs is 10. The van der Waals surface area contributed by atoms with Crippen LogP contribution in [0.1, 0.15) is 245 Å². The minimum atomic E-state index is -3.52. The molecule has 30 heteroatoms. The summed E-state index contributed by atoms with van der Waals surface area (Å²) >= 11 is 0. The molecule has 10 aliphatic heterocycles. The average molecular weight is 2030 g/mol. The van der Waals surface area contributed by atoms with Crippen LogP contribution in [0, 0.1) is 0 Å². The van der Waals surface area contributed by atoms with Gasteiger partial charge in [-0.2, -0.15) is 0 Å². The molecule has 30 nitrogen and oxygen atoms in total. The zero-order valence-electron chi connectivity index (χ0n) is 166. The minimum Gasteiger partial charge on any atom is -0.454 e. The molecule has 10 aromatic rings. The standard InChI is InChI=1S/10C11H15NO2/c10*1-8(12-2)5-9-3-4-10-11(6-9)14-7-13-10/h10*3-4,6,8,12H,5,7H2,1-2H3/i1D3,3D,4D,5D2,6D,7D2,8D;1D3,3D,4D,5D2,6D,8D;2*1D3,2D3,5D2,7D2,8D;2*1D3,5D2,7D2,8D;2*1D3,2D3,5D2,8D;2*1D3,5D2,8D/hD4. The van der Waals surface area contributed by atoms with Crippen LogP contribution >= 0.6 is 0 Å². The fraction of sp³-hybridized carbons (Fsp3) is 0.455. The number of likely N-dealkylation sites (N-methyl/N-ethyl adjacent to an activating group) is 10. The van der Waals surface area contributed by atoms with E-state index in [1.54, 1.807) is 10.6 Å². The number of hydrogen-bond acceptors (Lipinski definition) is 30. The summed E-state index contributed by atoms with van der Waals surface area (Å²) in [4.78, 5) is 0. The monoisotopic (exact) mass is 2020 g/mol. The van der Waals surface area contributed by atoms with Crippen LogP contribution in [0.25, 0.3) is 0 Å². The lowest BCUT2D eigenvalue weighted by atomic mass is 10.1. The third-order valence-electron chi connectivity index (χ3n) is 17.2. The average Bonchev–Trinajstić information content (AvgIpc) is 1.12. The highest BCUT2D eigenvalue weighted by molar-refractivity contribution is 5.52. The fourth-order valence-corrected chi connectivity index (χ4v) is 10.7. The Bertz CT molecular complexity index is 9830. The van der Waals surface area contributed by atoms with Crippen molar-refractivity contribution < 1.29 is 221 Å². The van der Waals surface area contributed by atoms with E-state index in [1.807, 2.05) is 0 Å². The highest BCUT2D eigenvalue weighted by Crippen LogP contribution is 2.41. The van der Waals surface area contributed by atoms with Crippen LogP contribution in [-0.2, 0) is 63.7 Å². The first-order valence-electron chi connectivity index (χ1n) is 85.4. The summed E-state index contributed by atoms with van der Waals surface area (Å²) in [7, 11) is 6.65. The molecular formula is C110H150N10O20. The van der Waals surface area contributed by atoms with Gasteiger partial charge in [-0.3, -0.25) is 0 Å². The molecule has 10 N–H and O–H groups in total. The summed E-state index contributed by atoms with van der Waals surface area (Å²) in [6.45, 7) is -57.3. The predicted octanol–water partition coefficient (Wildman–Crippen LogP) is 15.7. The van der Waals surface area contributed by atoms with Gasteiger partial charge in [0.05, 0.1) is 8.22 Å². The van der Waals surface area contributed by atoms with Crippen molar-refractivity contribution in [3.63, 3.8) is 0 Å². The Morgan fingerprint density at radius 1 is 0.221 bits per heavy atom. The van der Waals surface area contributed by atoms with Crippen molar-refractivity contribution in [2.45, 2.75) is 192 Å². The van der Waals surface area contributed by atoms with E-state index in [9.17, 15) is 0 Å². The zero-order chi connectivity index (χ0) is 179. The maximum atomic E-state index is 8.17. The molecule has 0 saturated carbocycles. The first kappa shape index (κ1) is 38.9. The third-order valence-corrected chi connectivity index (χ3v) is 17.2. The van der Waals surface area contributed by atoms with Crippen LogP contribution in [0.15, 0.2) is 182 Å². The first-order valence-corrected chi connectivity index (χ1v) is 39.7. The van der Waals surface area contributed by atoms with Gasteiger partial charge in [-0.05, 0) is 379 Å². The Kier molecular flexibility index (Phi) is 15.8. The van der Waals surface area contributed by atoms with Crippen LogP contribution in [-0.4, -0.2) is 198 Å². The molecule has 760 valence electrons. The van der Waals surface area contributed by atoms with Gasteiger partial charge in [-0.25, -0.2) is 0 Å². The molecule has 0 bridgehead atoms. The molecule has 10 aliphatic rings. The Morgan fingerprint density at radius 3 is 0.657 bits per heavy atom. The van der Waals surface area contributed by atoms with E-state index in [4.69, 9.17) is 221 Å². The number of benzene rings is 10. The molecule has 10 atom stereocenters. The van der Waals surface area contributed by atoms with Gasteiger partial charge >= 0.3 is 0 Å². The number of hydrogen-bond donors (Lipinski definition) is 10. The van der Waals surface area contributed by atoms with Crippen LogP contribution in [0.5, 0.6) is 115 Å². The van der Waals surface area contributed by atoms with Crippen molar-refractivity contribution in [2.75, 3.05) is 138 Å². The highest BCUT2D eigenvalue weighted by atomic mass is 16.7. The molecule has 0 amide bonds. The number of rotatable bonds is 30. The van der Waals surface area contributed by atoms with Crippen LogP contribution in [0.3, 0.4) is 0 Å². The van der Waals surface area contributed by atoms with Crippen molar-refractivity contribution in [1.82, 2.24) is 53.1 Å². The molecule has 20 rings (SSSR count).